The highest BCUT2D eigenvalue weighted by atomic mass is 16.4. The fourth-order valence-corrected chi connectivity index (χ4v) is 3.44. The maximum atomic E-state index is 12.1. The predicted molar refractivity (Wildman–Crippen MR) is 91.7 cm³/mol. The van der Waals surface area contributed by atoms with E-state index in [9.17, 15) is 9.59 Å². The van der Waals surface area contributed by atoms with Crippen LogP contribution in [0.15, 0.2) is 33.5 Å². The zero-order chi connectivity index (χ0) is 16.2. The van der Waals surface area contributed by atoms with E-state index in [0.717, 1.165) is 17.4 Å². The molecule has 0 saturated heterocycles. The second kappa shape index (κ2) is 6.99. The number of carbonyl (C=O) groups excluding carboxylic acids is 1. The van der Waals surface area contributed by atoms with Gasteiger partial charge < -0.3 is 9.73 Å². The number of hydrogen-bond donors (Lipinski definition) is 1. The van der Waals surface area contributed by atoms with Gasteiger partial charge in [0.15, 0.2) is 0 Å². The van der Waals surface area contributed by atoms with E-state index in [1.54, 1.807) is 6.07 Å². The van der Waals surface area contributed by atoms with Gasteiger partial charge in [-0.3, -0.25) is 4.79 Å². The van der Waals surface area contributed by atoms with Gasteiger partial charge in [-0.15, -0.1) is 0 Å². The Morgan fingerprint density at radius 1 is 1.22 bits per heavy atom. The summed E-state index contributed by atoms with van der Waals surface area (Å²) in [5, 5.41) is 3.80. The van der Waals surface area contributed by atoms with E-state index in [-0.39, 0.29) is 11.5 Å². The fraction of sp³-hybridized carbons (Fsp3) is 0.474. The number of rotatable bonds is 4. The average Bonchev–Trinajstić information content (AvgIpc) is 2.53. The van der Waals surface area contributed by atoms with Crippen molar-refractivity contribution in [1.82, 2.24) is 0 Å². The topological polar surface area (TPSA) is 59.3 Å². The van der Waals surface area contributed by atoms with Crippen molar-refractivity contribution in [3.8, 4) is 0 Å². The number of anilines is 1. The van der Waals surface area contributed by atoms with E-state index < -0.39 is 0 Å². The third-order valence-electron chi connectivity index (χ3n) is 4.74. The SMILES string of the molecule is Cc1cc(=O)oc2cc(NC(=O)CCC3CCCCC3)ccc12. The van der Waals surface area contributed by atoms with Crippen LogP contribution in [0.4, 0.5) is 5.69 Å². The van der Waals surface area contributed by atoms with Crippen LogP contribution in [0.2, 0.25) is 0 Å². The lowest BCUT2D eigenvalue weighted by Crippen LogP contribution is -2.14. The molecular weight excluding hydrogens is 290 g/mol. The van der Waals surface area contributed by atoms with Gasteiger partial charge in [-0.05, 0) is 37.0 Å². The van der Waals surface area contributed by atoms with Crippen LogP contribution in [0, 0.1) is 12.8 Å². The molecular formula is C19H23NO3. The Labute approximate surface area is 135 Å². The van der Waals surface area contributed by atoms with Crippen molar-refractivity contribution >= 4 is 22.6 Å². The summed E-state index contributed by atoms with van der Waals surface area (Å²) in [5.74, 6) is 0.733. The molecule has 0 unspecified atom stereocenters. The molecule has 1 N–H and O–H groups in total. The molecule has 0 atom stereocenters. The third kappa shape index (κ3) is 4.01. The highest BCUT2D eigenvalue weighted by Crippen LogP contribution is 2.27. The van der Waals surface area contributed by atoms with Crippen LogP contribution in [0.25, 0.3) is 11.0 Å². The molecule has 1 aliphatic carbocycles. The minimum atomic E-state index is -0.365. The first kappa shape index (κ1) is 15.8. The van der Waals surface area contributed by atoms with Crippen LogP contribution in [0.5, 0.6) is 0 Å². The molecule has 1 saturated carbocycles. The summed E-state index contributed by atoms with van der Waals surface area (Å²) in [4.78, 5) is 23.6. The summed E-state index contributed by atoms with van der Waals surface area (Å²) in [6.45, 7) is 1.88. The van der Waals surface area contributed by atoms with E-state index in [1.807, 2.05) is 19.1 Å². The van der Waals surface area contributed by atoms with Gasteiger partial charge in [-0.1, -0.05) is 32.1 Å². The normalized spacial score (nSPS) is 15.7. The van der Waals surface area contributed by atoms with E-state index in [2.05, 4.69) is 5.32 Å². The molecule has 0 bridgehead atoms. The number of amides is 1. The summed E-state index contributed by atoms with van der Waals surface area (Å²) < 4.78 is 5.21. The Bertz CT molecular complexity index is 757. The lowest BCUT2D eigenvalue weighted by Gasteiger charge is -2.21. The van der Waals surface area contributed by atoms with Gasteiger partial charge in [0.25, 0.3) is 0 Å². The Kier molecular flexibility index (Phi) is 4.79. The van der Waals surface area contributed by atoms with Crippen molar-refractivity contribution in [3.05, 3.63) is 40.2 Å². The van der Waals surface area contributed by atoms with Gasteiger partial charge in [0, 0.05) is 29.6 Å². The molecule has 1 aromatic heterocycles. The highest BCUT2D eigenvalue weighted by Gasteiger charge is 2.15. The van der Waals surface area contributed by atoms with Gasteiger partial charge >= 0.3 is 5.63 Å². The van der Waals surface area contributed by atoms with Gasteiger partial charge in [-0.25, -0.2) is 4.79 Å². The lowest BCUT2D eigenvalue weighted by molar-refractivity contribution is -0.116. The molecule has 1 aromatic carbocycles. The number of carbonyl (C=O) groups is 1. The monoisotopic (exact) mass is 313 g/mol. The number of nitrogens with one attached hydrogen (secondary N) is 1. The number of fused-ring (bicyclic) bond motifs is 1. The lowest BCUT2D eigenvalue weighted by atomic mass is 9.86. The van der Waals surface area contributed by atoms with E-state index in [0.29, 0.717) is 23.6 Å². The second-order valence-corrected chi connectivity index (χ2v) is 6.55. The maximum absolute atomic E-state index is 12.1. The first-order chi connectivity index (χ1) is 11.1. The van der Waals surface area contributed by atoms with Crippen molar-refractivity contribution in [1.29, 1.82) is 0 Å². The summed E-state index contributed by atoms with van der Waals surface area (Å²) in [5.41, 5.74) is 1.71. The van der Waals surface area contributed by atoms with Crippen molar-refractivity contribution in [3.63, 3.8) is 0 Å². The van der Waals surface area contributed by atoms with Crippen LogP contribution in [-0.4, -0.2) is 5.91 Å². The first-order valence-corrected chi connectivity index (χ1v) is 8.46. The third-order valence-corrected chi connectivity index (χ3v) is 4.74. The maximum Gasteiger partial charge on any atom is 0.336 e. The molecule has 4 heteroatoms. The highest BCUT2D eigenvalue weighted by molar-refractivity contribution is 5.93. The molecule has 0 spiro atoms. The second-order valence-electron chi connectivity index (χ2n) is 6.55. The molecule has 1 heterocycles. The zero-order valence-electron chi connectivity index (χ0n) is 13.6. The van der Waals surface area contributed by atoms with Gasteiger partial charge in [0.2, 0.25) is 5.91 Å². The Morgan fingerprint density at radius 3 is 2.78 bits per heavy atom. The largest absolute Gasteiger partial charge is 0.423 e. The molecule has 122 valence electrons. The minimum Gasteiger partial charge on any atom is -0.423 e. The summed E-state index contributed by atoms with van der Waals surface area (Å²) >= 11 is 0. The number of benzene rings is 1. The van der Waals surface area contributed by atoms with Crippen LogP contribution in [0.1, 0.15) is 50.5 Å². The molecule has 23 heavy (non-hydrogen) atoms. The Hall–Kier alpha value is -2.10. The van der Waals surface area contributed by atoms with Gasteiger partial charge in [0.1, 0.15) is 5.58 Å². The van der Waals surface area contributed by atoms with Crippen molar-refractivity contribution in [2.75, 3.05) is 5.32 Å². The first-order valence-electron chi connectivity index (χ1n) is 8.46. The van der Waals surface area contributed by atoms with Crippen LogP contribution in [0.3, 0.4) is 0 Å². The molecule has 0 radical (unpaired) electrons. The van der Waals surface area contributed by atoms with Crippen LogP contribution in [-0.2, 0) is 4.79 Å². The molecule has 1 fully saturated rings. The zero-order valence-corrected chi connectivity index (χ0v) is 13.6. The van der Waals surface area contributed by atoms with Crippen molar-refractivity contribution in [2.24, 2.45) is 5.92 Å². The fourth-order valence-electron chi connectivity index (χ4n) is 3.44. The average molecular weight is 313 g/mol. The van der Waals surface area contributed by atoms with Gasteiger partial charge in [-0.2, -0.15) is 0 Å². The van der Waals surface area contributed by atoms with Crippen LogP contribution >= 0.6 is 0 Å². The van der Waals surface area contributed by atoms with Crippen molar-refractivity contribution < 1.29 is 9.21 Å². The molecule has 2 aromatic rings. The van der Waals surface area contributed by atoms with Crippen molar-refractivity contribution in [2.45, 2.75) is 51.9 Å². The van der Waals surface area contributed by atoms with Crippen LogP contribution < -0.4 is 10.9 Å². The number of aryl methyl sites for hydroxylation is 1. The van der Waals surface area contributed by atoms with E-state index >= 15 is 0 Å². The summed E-state index contributed by atoms with van der Waals surface area (Å²) in [6.07, 6.45) is 7.98. The Morgan fingerprint density at radius 2 is 2.00 bits per heavy atom. The Balaban J connectivity index is 1.64. The molecule has 0 aliphatic heterocycles. The quantitative estimate of drug-likeness (QED) is 0.851. The van der Waals surface area contributed by atoms with E-state index in [1.165, 1.54) is 38.2 Å². The smallest absolute Gasteiger partial charge is 0.336 e. The standard InChI is InChI=1S/C19H23NO3/c1-13-11-19(22)23-17-12-15(8-9-16(13)17)20-18(21)10-7-14-5-3-2-4-6-14/h8-9,11-12,14H,2-7,10H2,1H3,(H,20,21). The molecule has 1 amide bonds. The number of hydrogen-bond acceptors (Lipinski definition) is 3. The molecule has 3 rings (SSSR count). The molecule has 1 aliphatic rings. The molecule has 4 nitrogen and oxygen atoms in total. The minimum absolute atomic E-state index is 0.0323. The van der Waals surface area contributed by atoms with Gasteiger partial charge in [0.05, 0.1) is 0 Å². The predicted octanol–water partition coefficient (Wildman–Crippen LogP) is 4.40. The summed E-state index contributed by atoms with van der Waals surface area (Å²) in [7, 11) is 0. The summed E-state index contributed by atoms with van der Waals surface area (Å²) in [6, 6.07) is 6.94. The van der Waals surface area contributed by atoms with E-state index in [4.69, 9.17) is 4.42 Å².